The van der Waals surface area contributed by atoms with E-state index < -0.39 is 12.1 Å². The molecule has 1 aromatic carbocycles. The number of aromatic nitrogens is 2. The second kappa shape index (κ2) is 12.5. The number of hydrogen-bond acceptors (Lipinski definition) is 8. The third-order valence-corrected chi connectivity index (χ3v) is 7.71. The first-order valence-corrected chi connectivity index (χ1v) is 14.0. The van der Waals surface area contributed by atoms with Crippen molar-refractivity contribution >= 4 is 22.8 Å². The Hall–Kier alpha value is -3.67. The summed E-state index contributed by atoms with van der Waals surface area (Å²) in [6.45, 7) is 8.11. The van der Waals surface area contributed by atoms with E-state index in [9.17, 15) is 23.9 Å². The number of fused-ring (bicyclic) bond motifs is 5. The fourth-order valence-electron chi connectivity index (χ4n) is 5.71. The lowest BCUT2D eigenvalue weighted by Gasteiger charge is -2.22. The van der Waals surface area contributed by atoms with Gasteiger partial charge in [-0.25, -0.2) is 14.2 Å². The number of carbonyl (C=O) groups is 2. The molecule has 3 aromatic rings. The summed E-state index contributed by atoms with van der Waals surface area (Å²) in [5, 5.41) is 14.2. The van der Waals surface area contributed by atoms with Crippen LogP contribution in [0, 0.1) is 12.7 Å². The third kappa shape index (κ3) is 5.61. The molecule has 6 rings (SSSR count). The average molecular weight is 568 g/mol. The third-order valence-electron chi connectivity index (χ3n) is 7.71. The number of likely N-dealkylation sites (N-methyl/N-ethyl adjacent to an activating group) is 2. The minimum absolute atomic E-state index is 0.141. The second-order valence-electron chi connectivity index (χ2n) is 10.3. The molecule has 220 valence electrons. The Kier molecular flexibility index (Phi) is 9.21. The molecule has 11 heteroatoms. The molecule has 0 bridgehead atoms. The van der Waals surface area contributed by atoms with Crippen molar-refractivity contribution in [2.45, 2.75) is 59.3 Å². The summed E-state index contributed by atoms with van der Waals surface area (Å²) in [4.78, 5) is 41.8. The van der Waals surface area contributed by atoms with Crippen molar-refractivity contribution in [1.82, 2.24) is 19.8 Å². The van der Waals surface area contributed by atoms with Crippen LogP contribution in [0.1, 0.15) is 59.8 Å². The maximum Gasteiger partial charge on any atom is 0.340 e. The molecule has 0 spiro atoms. The number of rotatable bonds is 5. The number of ether oxygens (including phenoxy) is 1. The van der Waals surface area contributed by atoms with Gasteiger partial charge in [0.05, 0.1) is 35.6 Å². The molecule has 2 aromatic heterocycles. The largest absolute Gasteiger partial charge is 0.458 e. The van der Waals surface area contributed by atoms with Gasteiger partial charge in [0.1, 0.15) is 12.4 Å². The molecule has 0 saturated carbocycles. The van der Waals surface area contributed by atoms with E-state index in [0.717, 1.165) is 54.4 Å². The van der Waals surface area contributed by atoms with Crippen molar-refractivity contribution < 1.29 is 23.8 Å². The van der Waals surface area contributed by atoms with Gasteiger partial charge in [-0.15, -0.1) is 0 Å². The van der Waals surface area contributed by atoms with Gasteiger partial charge in [-0.2, -0.15) is 0 Å². The number of carbonyl (C=O) groups excluding carboxylic acids is 2. The Morgan fingerprint density at radius 2 is 1.93 bits per heavy atom. The lowest BCUT2D eigenvalue weighted by molar-refractivity contribution is -0.157. The van der Waals surface area contributed by atoms with Crippen LogP contribution in [-0.4, -0.2) is 65.2 Å². The molecule has 4 N–H and O–H groups in total. The van der Waals surface area contributed by atoms with Crippen molar-refractivity contribution in [3.05, 3.63) is 61.7 Å². The first kappa shape index (κ1) is 30.3. The minimum Gasteiger partial charge on any atom is -0.458 e. The predicted octanol–water partition coefficient (Wildman–Crippen LogP) is 2.10. The summed E-state index contributed by atoms with van der Waals surface area (Å²) in [5.74, 6) is -1.31. The van der Waals surface area contributed by atoms with E-state index in [0.29, 0.717) is 41.1 Å². The van der Waals surface area contributed by atoms with Gasteiger partial charge in [0.15, 0.2) is 6.10 Å². The molecule has 1 unspecified atom stereocenters. The zero-order chi connectivity index (χ0) is 30.0. The standard InChI is InChI=1S/C22H17FN2O4.C6H15N3O.C2H6/c1-9-10-3-2-4-11-13-7-25-17(19(13)24-16(18(10)11)6-15(9)23)5-12-14(21(25)27)8-29-22(28)20(12)26;1-8-3-4-9(2)5-6(7)10;1-2/h5-6,20,26H,2-4,7-8H2,1H3;8H,3-5H2,1-2H3,(H2,7,10);1-2H3. The van der Waals surface area contributed by atoms with Gasteiger partial charge < -0.3 is 25.5 Å². The van der Waals surface area contributed by atoms with Gasteiger partial charge >= 0.3 is 5.97 Å². The highest BCUT2D eigenvalue weighted by atomic mass is 19.1. The minimum atomic E-state index is -1.48. The highest BCUT2D eigenvalue weighted by molar-refractivity contribution is 5.92. The SMILES string of the molecule is CC.CNCCN(C)CC(N)=O.Cc1c(F)cc2nc3c(c4c2c1CCC4)Cn1c-3cc2c(c1=O)COC(=O)C2O. The predicted molar refractivity (Wildman–Crippen MR) is 154 cm³/mol. The Labute approximate surface area is 238 Å². The van der Waals surface area contributed by atoms with E-state index in [2.05, 4.69) is 5.32 Å². The Balaban J connectivity index is 0.000000277. The van der Waals surface area contributed by atoms with E-state index in [1.54, 1.807) is 17.6 Å². The maximum atomic E-state index is 14.5. The van der Waals surface area contributed by atoms with Gasteiger partial charge in [-0.05, 0) is 63.0 Å². The van der Waals surface area contributed by atoms with Crippen LogP contribution in [0.3, 0.4) is 0 Å². The lowest BCUT2D eigenvalue weighted by Crippen LogP contribution is -2.34. The summed E-state index contributed by atoms with van der Waals surface area (Å²) in [7, 11) is 3.74. The number of halogens is 1. The zero-order valence-electron chi connectivity index (χ0n) is 24.3. The monoisotopic (exact) mass is 567 g/mol. The summed E-state index contributed by atoms with van der Waals surface area (Å²) < 4.78 is 21.1. The second-order valence-corrected chi connectivity index (χ2v) is 10.3. The molecular weight excluding hydrogens is 529 g/mol. The van der Waals surface area contributed by atoms with Crippen molar-refractivity contribution in [3.8, 4) is 11.4 Å². The number of cyclic esters (lactones) is 1. The number of aliphatic hydroxyl groups excluding tert-OH is 1. The van der Waals surface area contributed by atoms with Crippen LogP contribution >= 0.6 is 0 Å². The molecular formula is C30H38FN5O5. The van der Waals surface area contributed by atoms with Crippen LogP contribution in [0.2, 0.25) is 0 Å². The van der Waals surface area contributed by atoms with E-state index in [1.165, 1.54) is 6.07 Å². The van der Waals surface area contributed by atoms with Crippen LogP contribution in [0.15, 0.2) is 16.9 Å². The summed E-state index contributed by atoms with van der Waals surface area (Å²) >= 11 is 0. The van der Waals surface area contributed by atoms with E-state index in [4.69, 9.17) is 15.5 Å². The highest BCUT2D eigenvalue weighted by Gasteiger charge is 2.35. The normalized spacial score (nSPS) is 16.1. The number of benzene rings is 1. The van der Waals surface area contributed by atoms with Gasteiger partial charge in [0.2, 0.25) is 5.91 Å². The number of nitrogens with one attached hydrogen (secondary N) is 1. The quantitative estimate of drug-likeness (QED) is 0.312. The summed E-state index contributed by atoms with van der Waals surface area (Å²) in [6.07, 6.45) is 1.12. The van der Waals surface area contributed by atoms with Crippen LogP contribution < -0.4 is 16.6 Å². The topological polar surface area (TPSA) is 140 Å². The molecule has 1 aliphatic carbocycles. The zero-order valence-corrected chi connectivity index (χ0v) is 24.3. The van der Waals surface area contributed by atoms with Crippen LogP contribution in [-0.2, 0) is 40.3 Å². The van der Waals surface area contributed by atoms with Gasteiger partial charge in [0, 0.05) is 35.7 Å². The Bertz CT molecular complexity index is 1570. The molecule has 10 nitrogen and oxygen atoms in total. The molecule has 0 fully saturated rings. The van der Waals surface area contributed by atoms with Crippen molar-refractivity contribution in [2.75, 3.05) is 33.7 Å². The number of amides is 1. The number of nitrogens with zero attached hydrogens (tertiary/aromatic N) is 3. The molecule has 41 heavy (non-hydrogen) atoms. The average Bonchev–Trinajstić information content (AvgIpc) is 3.33. The highest BCUT2D eigenvalue weighted by Crippen LogP contribution is 2.41. The molecule has 0 radical (unpaired) electrons. The van der Waals surface area contributed by atoms with E-state index in [-0.39, 0.29) is 29.5 Å². The molecule has 0 saturated heterocycles. The first-order valence-electron chi connectivity index (χ1n) is 14.0. The van der Waals surface area contributed by atoms with Gasteiger partial charge in [-0.1, -0.05) is 13.8 Å². The number of aryl methyl sites for hydroxylation is 2. The van der Waals surface area contributed by atoms with Crippen LogP contribution in [0.5, 0.6) is 0 Å². The fourth-order valence-corrected chi connectivity index (χ4v) is 5.71. The van der Waals surface area contributed by atoms with Crippen LogP contribution in [0.4, 0.5) is 4.39 Å². The van der Waals surface area contributed by atoms with Crippen molar-refractivity contribution in [3.63, 3.8) is 0 Å². The molecule has 1 amide bonds. The smallest absolute Gasteiger partial charge is 0.340 e. The molecule has 2 aliphatic heterocycles. The van der Waals surface area contributed by atoms with Gasteiger partial charge in [-0.3, -0.25) is 14.5 Å². The molecule has 1 atom stereocenters. The fraction of sp³-hybridized carbons (Fsp3) is 0.467. The van der Waals surface area contributed by atoms with Crippen LogP contribution in [0.25, 0.3) is 22.3 Å². The van der Waals surface area contributed by atoms with Gasteiger partial charge in [0.25, 0.3) is 5.56 Å². The van der Waals surface area contributed by atoms with Crippen molar-refractivity contribution in [2.24, 2.45) is 5.73 Å². The number of pyridine rings is 2. The number of primary amides is 1. The van der Waals surface area contributed by atoms with E-state index in [1.807, 2.05) is 32.8 Å². The number of esters is 1. The Morgan fingerprint density at radius 3 is 2.61 bits per heavy atom. The maximum absolute atomic E-state index is 14.5. The first-order chi connectivity index (χ1) is 19.6. The number of aliphatic hydroxyl groups is 1. The number of nitrogens with two attached hydrogens (primary N) is 1. The van der Waals surface area contributed by atoms with E-state index >= 15 is 0 Å². The van der Waals surface area contributed by atoms with Crippen molar-refractivity contribution in [1.29, 1.82) is 0 Å². The summed E-state index contributed by atoms with van der Waals surface area (Å²) in [6, 6.07) is 3.13. The lowest BCUT2D eigenvalue weighted by atomic mass is 9.85. The molecule has 3 aliphatic rings. The summed E-state index contributed by atoms with van der Waals surface area (Å²) in [5.41, 5.74) is 10.8. The number of hydrogen-bond donors (Lipinski definition) is 3. The Morgan fingerprint density at radius 1 is 1.22 bits per heavy atom. The molecule has 4 heterocycles.